The van der Waals surface area contributed by atoms with Gasteiger partial charge < -0.3 is 4.57 Å². The van der Waals surface area contributed by atoms with Crippen LogP contribution in [-0.2, 0) is 0 Å². The lowest BCUT2D eigenvalue weighted by atomic mass is 9.97. The van der Waals surface area contributed by atoms with Crippen molar-refractivity contribution in [3.63, 3.8) is 0 Å². The van der Waals surface area contributed by atoms with Gasteiger partial charge in [0.2, 0.25) is 0 Å². The summed E-state index contributed by atoms with van der Waals surface area (Å²) in [5.74, 6) is 1.81. The van der Waals surface area contributed by atoms with Crippen LogP contribution in [0.3, 0.4) is 0 Å². The highest BCUT2D eigenvalue weighted by Gasteiger charge is 2.21. The zero-order valence-corrected chi connectivity index (χ0v) is 28.6. The fraction of sp³-hybridized carbons (Fsp3) is 0. The summed E-state index contributed by atoms with van der Waals surface area (Å²) in [6.07, 6.45) is 0. The summed E-state index contributed by atoms with van der Waals surface area (Å²) in [6.45, 7) is 0. The zero-order chi connectivity index (χ0) is 35.1. The number of hydrogen-bond donors (Lipinski definition) is 0. The van der Waals surface area contributed by atoms with Crippen molar-refractivity contribution >= 4 is 32.7 Å². The van der Waals surface area contributed by atoms with Crippen molar-refractivity contribution in [2.24, 2.45) is 0 Å². The minimum Gasteiger partial charge on any atom is -0.309 e. The van der Waals surface area contributed by atoms with E-state index in [1.807, 2.05) is 66.7 Å². The molecule has 0 fully saturated rings. The number of para-hydroxylation sites is 3. The quantitative estimate of drug-likeness (QED) is 0.176. The second-order valence-electron chi connectivity index (χ2n) is 13.1. The van der Waals surface area contributed by atoms with Crippen molar-refractivity contribution < 1.29 is 0 Å². The summed E-state index contributed by atoms with van der Waals surface area (Å²) in [7, 11) is 0. The largest absolute Gasteiger partial charge is 0.309 e. The summed E-state index contributed by atoms with van der Waals surface area (Å²) in [5.41, 5.74) is 11.0. The molecule has 0 aliphatic heterocycles. The van der Waals surface area contributed by atoms with E-state index < -0.39 is 0 Å². The minimum absolute atomic E-state index is 0.584. The summed E-state index contributed by atoms with van der Waals surface area (Å²) < 4.78 is 2.33. The van der Waals surface area contributed by atoms with Gasteiger partial charge in [0.15, 0.2) is 17.5 Å². The average Bonchev–Trinajstić information content (AvgIpc) is 3.58. The van der Waals surface area contributed by atoms with Crippen molar-refractivity contribution in [2.75, 3.05) is 0 Å². The molecule has 0 N–H and O–H groups in total. The Morgan fingerprint density at radius 3 is 1.42 bits per heavy atom. The molecule has 0 aliphatic carbocycles. The third-order valence-corrected chi connectivity index (χ3v) is 9.85. The first-order chi connectivity index (χ1) is 26.3. The van der Waals surface area contributed by atoms with Crippen molar-refractivity contribution in [2.45, 2.75) is 0 Å². The second-order valence-corrected chi connectivity index (χ2v) is 13.1. The van der Waals surface area contributed by atoms with Gasteiger partial charge in [0, 0.05) is 38.4 Å². The number of aromatic nitrogens is 5. The molecule has 0 bridgehead atoms. The molecule has 10 rings (SSSR count). The molecule has 0 aliphatic rings. The Balaban J connectivity index is 1.28. The van der Waals surface area contributed by atoms with Crippen LogP contribution in [0.2, 0.25) is 0 Å². The van der Waals surface area contributed by atoms with Crippen LogP contribution < -0.4 is 0 Å². The summed E-state index contributed by atoms with van der Waals surface area (Å²) in [6, 6.07) is 65.0. The van der Waals surface area contributed by atoms with Crippen molar-refractivity contribution in [1.29, 1.82) is 0 Å². The first-order valence-electron chi connectivity index (χ1n) is 17.7. The lowest BCUT2D eigenvalue weighted by molar-refractivity contribution is 1.06. The fourth-order valence-electron chi connectivity index (χ4n) is 7.36. The van der Waals surface area contributed by atoms with E-state index in [0.29, 0.717) is 17.5 Å². The molecule has 0 amide bonds. The van der Waals surface area contributed by atoms with Gasteiger partial charge in [-0.15, -0.1) is 0 Å². The summed E-state index contributed by atoms with van der Waals surface area (Å²) in [5, 5.41) is 3.49. The van der Waals surface area contributed by atoms with E-state index in [4.69, 9.17) is 19.9 Å². The standard InChI is InChI=1S/C48H31N5/c1-4-16-32(17-5-1)39-31-42(49-41-25-13-10-22-36(39)41)35-28-29-45(53-43-26-14-11-23-37(43)38-24-12-15-27-44(38)53)40(30-35)48-51-46(33-18-6-2-7-19-33)50-47(52-48)34-20-8-3-9-21-34/h1-31H. The van der Waals surface area contributed by atoms with E-state index in [2.05, 4.69) is 126 Å². The van der Waals surface area contributed by atoms with Crippen LogP contribution in [0.15, 0.2) is 188 Å². The molecule has 0 saturated heterocycles. The number of hydrogen-bond acceptors (Lipinski definition) is 4. The van der Waals surface area contributed by atoms with Crippen LogP contribution in [0.5, 0.6) is 0 Å². The topological polar surface area (TPSA) is 56.5 Å². The first-order valence-corrected chi connectivity index (χ1v) is 17.7. The van der Waals surface area contributed by atoms with E-state index in [-0.39, 0.29) is 0 Å². The number of rotatable bonds is 6. The monoisotopic (exact) mass is 677 g/mol. The molecule has 5 nitrogen and oxygen atoms in total. The lowest BCUT2D eigenvalue weighted by Gasteiger charge is -2.17. The molecule has 248 valence electrons. The van der Waals surface area contributed by atoms with Crippen LogP contribution in [0.1, 0.15) is 0 Å². The maximum atomic E-state index is 5.23. The van der Waals surface area contributed by atoms with Gasteiger partial charge in [-0.3, -0.25) is 0 Å². The van der Waals surface area contributed by atoms with Crippen LogP contribution in [-0.4, -0.2) is 24.5 Å². The smallest absolute Gasteiger partial charge is 0.166 e. The Labute approximate surface area is 306 Å². The molecule has 0 unspecified atom stereocenters. The Morgan fingerprint density at radius 1 is 0.321 bits per heavy atom. The van der Waals surface area contributed by atoms with Crippen LogP contribution in [0.4, 0.5) is 0 Å². The van der Waals surface area contributed by atoms with Gasteiger partial charge in [-0.2, -0.15) is 0 Å². The molecule has 0 radical (unpaired) electrons. The van der Waals surface area contributed by atoms with E-state index >= 15 is 0 Å². The minimum atomic E-state index is 0.584. The fourth-order valence-corrected chi connectivity index (χ4v) is 7.36. The highest BCUT2D eigenvalue weighted by atomic mass is 15.1. The third-order valence-electron chi connectivity index (χ3n) is 9.85. The predicted molar refractivity (Wildman–Crippen MR) is 217 cm³/mol. The van der Waals surface area contributed by atoms with E-state index in [0.717, 1.165) is 66.7 Å². The summed E-state index contributed by atoms with van der Waals surface area (Å²) in [4.78, 5) is 20.7. The number of nitrogens with zero attached hydrogens (tertiary/aromatic N) is 5. The maximum absolute atomic E-state index is 5.23. The van der Waals surface area contributed by atoms with Crippen LogP contribution in [0.25, 0.3) is 94.9 Å². The predicted octanol–water partition coefficient (Wildman–Crippen LogP) is 11.9. The van der Waals surface area contributed by atoms with Crippen molar-refractivity contribution in [1.82, 2.24) is 24.5 Å². The normalized spacial score (nSPS) is 11.4. The molecule has 10 aromatic rings. The number of fused-ring (bicyclic) bond motifs is 4. The highest BCUT2D eigenvalue weighted by molar-refractivity contribution is 6.09. The highest BCUT2D eigenvalue weighted by Crippen LogP contribution is 2.39. The molecule has 0 spiro atoms. The molecule has 0 saturated carbocycles. The average molecular weight is 678 g/mol. The van der Waals surface area contributed by atoms with E-state index in [1.54, 1.807) is 0 Å². The SMILES string of the molecule is c1ccc(-c2nc(-c3ccccc3)nc(-c3cc(-c4cc(-c5ccccc5)c5ccccc5n4)ccc3-n3c4ccccc4c4ccccc43)n2)cc1. The van der Waals surface area contributed by atoms with Gasteiger partial charge >= 0.3 is 0 Å². The molecule has 53 heavy (non-hydrogen) atoms. The molecule has 3 aromatic heterocycles. The Morgan fingerprint density at radius 2 is 0.811 bits per heavy atom. The van der Waals surface area contributed by atoms with E-state index in [9.17, 15) is 0 Å². The molecule has 0 atom stereocenters. The molecular formula is C48H31N5. The van der Waals surface area contributed by atoms with Crippen LogP contribution in [0, 0.1) is 0 Å². The third kappa shape index (κ3) is 5.43. The zero-order valence-electron chi connectivity index (χ0n) is 28.6. The second kappa shape index (κ2) is 12.8. The summed E-state index contributed by atoms with van der Waals surface area (Å²) >= 11 is 0. The van der Waals surface area contributed by atoms with Gasteiger partial charge in [-0.25, -0.2) is 19.9 Å². The van der Waals surface area contributed by atoms with E-state index in [1.165, 1.54) is 10.8 Å². The first kappa shape index (κ1) is 30.6. The Kier molecular flexibility index (Phi) is 7.40. The lowest BCUT2D eigenvalue weighted by Crippen LogP contribution is -2.04. The molecule has 5 heteroatoms. The van der Waals surface area contributed by atoms with Gasteiger partial charge in [-0.05, 0) is 47.5 Å². The van der Waals surface area contributed by atoms with Gasteiger partial charge in [0.25, 0.3) is 0 Å². The number of benzene rings is 7. The molecule has 3 heterocycles. The van der Waals surface area contributed by atoms with Gasteiger partial charge in [-0.1, -0.05) is 152 Å². The van der Waals surface area contributed by atoms with Crippen LogP contribution >= 0.6 is 0 Å². The van der Waals surface area contributed by atoms with Gasteiger partial charge in [0.05, 0.1) is 27.9 Å². The number of pyridine rings is 1. The van der Waals surface area contributed by atoms with Crippen molar-refractivity contribution in [3.05, 3.63) is 188 Å². The van der Waals surface area contributed by atoms with Gasteiger partial charge in [0.1, 0.15) is 0 Å². The maximum Gasteiger partial charge on any atom is 0.166 e. The molecular weight excluding hydrogens is 647 g/mol. The van der Waals surface area contributed by atoms with Crippen molar-refractivity contribution in [3.8, 4) is 62.2 Å². The Bertz CT molecular complexity index is 2820. The Hall–Kier alpha value is -7.24. The molecule has 7 aromatic carbocycles.